The van der Waals surface area contributed by atoms with Crippen molar-refractivity contribution in [1.82, 2.24) is 15.3 Å². The minimum atomic E-state index is 0.620. The van der Waals surface area contributed by atoms with E-state index in [1.165, 1.54) is 13.0 Å². The molecule has 0 saturated carbocycles. The fourth-order valence-electron chi connectivity index (χ4n) is 2.79. The van der Waals surface area contributed by atoms with Gasteiger partial charge in [0.25, 0.3) is 0 Å². The van der Waals surface area contributed by atoms with Gasteiger partial charge >= 0.3 is 0 Å². The van der Waals surface area contributed by atoms with Gasteiger partial charge in [-0.2, -0.15) is 0 Å². The number of anilines is 1. The Balaban J connectivity index is 1.82. The smallest absolute Gasteiger partial charge is 0.226 e. The van der Waals surface area contributed by atoms with Crippen LogP contribution >= 0.6 is 0 Å². The quantitative estimate of drug-likeness (QED) is 0.760. The topological polar surface area (TPSA) is 41.1 Å². The van der Waals surface area contributed by atoms with Gasteiger partial charge in [-0.3, -0.25) is 0 Å². The van der Waals surface area contributed by atoms with E-state index >= 15 is 0 Å². The molecule has 0 aromatic carbocycles. The van der Waals surface area contributed by atoms with Gasteiger partial charge in [-0.1, -0.05) is 0 Å². The average molecular weight is 218 g/mol. The molecule has 2 aliphatic rings. The standard InChI is InChI=1S/C12H18N4/c1-8-5-9(2)15-12(14-8)16-7-10-3-4-13-6-11(10)16/h5,10-11,13H,3-4,6-7H2,1-2H3. The molecule has 0 amide bonds. The zero-order valence-corrected chi connectivity index (χ0v) is 9.90. The van der Waals surface area contributed by atoms with Gasteiger partial charge in [0.1, 0.15) is 0 Å². The first-order valence-electron chi connectivity index (χ1n) is 6.03. The monoisotopic (exact) mass is 218 g/mol. The maximum Gasteiger partial charge on any atom is 0.226 e. The van der Waals surface area contributed by atoms with E-state index in [-0.39, 0.29) is 0 Å². The summed E-state index contributed by atoms with van der Waals surface area (Å²) in [6, 6.07) is 2.65. The molecule has 0 bridgehead atoms. The van der Waals surface area contributed by atoms with Crippen molar-refractivity contribution in [2.24, 2.45) is 5.92 Å². The van der Waals surface area contributed by atoms with Crippen molar-refractivity contribution in [1.29, 1.82) is 0 Å². The highest BCUT2D eigenvalue weighted by Crippen LogP contribution is 2.32. The molecule has 2 atom stereocenters. The normalized spacial score (nSPS) is 28.5. The fourth-order valence-corrected chi connectivity index (χ4v) is 2.79. The molecule has 2 aliphatic heterocycles. The van der Waals surface area contributed by atoms with Gasteiger partial charge in [0.05, 0.1) is 0 Å². The van der Waals surface area contributed by atoms with Crippen molar-refractivity contribution in [3.05, 3.63) is 17.5 Å². The van der Waals surface area contributed by atoms with E-state index < -0.39 is 0 Å². The molecular formula is C12H18N4. The number of hydrogen-bond donors (Lipinski definition) is 1. The Morgan fingerprint density at radius 1 is 1.31 bits per heavy atom. The van der Waals surface area contributed by atoms with E-state index in [1.807, 2.05) is 19.9 Å². The Kier molecular flexibility index (Phi) is 2.32. The van der Waals surface area contributed by atoms with Gasteiger partial charge in [0, 0.05) is 30.5 Å². The van der Waals surface area contributed by atoms with Crippen LogP contribution in [-0.2, 0) is 0 Å². The predicted molar refractivity (Wildman–Crippen MR) is 63.6 cm³/mol. The van der Waals surface area contributed by atoms with Crippen LogP contribution in [0.2, 0.25) is 0 Å². The molecule has 0 spiro atoms. The molecule has 2 unspecified atom stereocenters. The van der Waals surface area contributed by atoms with E-state index in [0.717, 1.165) is 36.3 Å². The average Bonchev–Trinajstić information content (AvgIpc) is 2.18. The van der Waals surface area contributed by atoms with E-state index in [4.69, 9.17) is 0 Å². The fraction of sp³-hybridized carbons (Fsp3) is 0.667. The Hall–Kier alpha value is -1.16. The summed E-state index contributed by atoms with van der Waals surface area (Å²) < 4.78 is 0. The van der Waals surface area contributed by atoms with Crippen molar-refractivity contribution in [2.75, 3.05) is 24.5 Å². The van der Waals surface area contributed by atoms with Gasteiger partial charge in [0.2, 0.25) is 5.95 Å². The molecule has 0 aliphatic carbocycles. The minimum absolute atomic E-state index is 0.620. The Labute approximate surface area is 96.1 Å². The molecule has 1 N–H and O–H groups in total. The molecule has 4 nitrogen and oxygen atoms in total. The first-order valence-corrected chi connectivity index (χ1v) is 6.03. The largest absolute Gasteiger partial charge is 0.336 e. The molecular weight excluding hydrogens is 200 g/mol. The lowest BCUT2D eigenvalue weighted by Gasteiger charge is -2.51. The zero-order valence-electron chi connectivity index (χ0n) is 9.90. The highest BCUT2D eigenvalue weighted by atomic mass is 15.3. The van der Waals surface area contributed by atoms with Crippen LogP contribution in [0.1, 0.15) is 17.8 Å². The molecule has 1 aromatic heterocycles. The van der Waals surface area contributed by atoms with Crippen molar-refractivity contribution >= 4 is 5.95 Å². The molecule has 1 aromatic rings. The molecule has 16 heavy (non-hydrogen) atoms. The second kappa shape index (κ2) is 3.70. The van der Waals surface area contributed by atoms with Crippen molar-refractivity contribution < 1.29 is 0 Å². The van der Waals surface area contributed by atoms with Gasteiger partial charge in [-0.15, -0.1) is 0 Å². The number of aryl methyl sites for hydroxylation is 2. The van der Waals surface area contributed by atoms with E-state index in [2.05, 4.69) is 20.2 Å². The summed E-state index contributed by atoms with van der Waals surface area (Å²) in [6.07, 6.45) is 1.30. The Morgan fingerprint density at radius 2 is 2.06 bits per heavy atom. The van der Waals surface area contributed by atoms with Crippen LogP contribution in [0.4, 0.5) is 5.95 Å². The van der Waals surface area contributed by atoms with Crippen LogP contribution in [0.5, 0.6) is 0 Å². The highest BCUT2D eigenvalue weighted by Gasteiger charge is 2.41. The van der Waals surface area contributed by atoms with Crippen molar-refractivity contribution in [2.45, 2.75) is 26.3 Å². The van der Waals surface area contributed by atoms with Gasteiger partial charge in [-0.25, -0.2) is 9.97 Å². The molecule has 4 heteroatoms. The van der Waals surface area contributed by atoms with Gasteiger partial charge in [0.15, 0.2) is 0 Å². The summed E-state index contributed by atoms with van der Waals surface area (Å²) in [7, 11) is 0. The first kappa shape index (κ1) is 10.0. The summed E-state index contributed by atoms with van der Waals surface area (Å²) in [5.74, 6) is 1.77. The minimum Gasteiger partial charge on any atom is -0.336 e. The number of hydrogen-bond acceptors (Lipinski definition) is 4. The second-order valence-electron chi connectivity index (χ2n) is 4.92. The molecule has 3 rings (SSSR count). The molecule has 3 heterocycles. The lowest BCUT2D eigenvalue weighted by Crippen LogP contribution is -2.64. The van der Waals surface area contributed by atoms with Crippen LogP contribution in [0.15, 0.2) is 6.07 Å². The Bertz CT molecular complexity index is 384. The van der Waals surface area contributed by atoms with E-state index in [1.54, 1.807) is 0 Å². The molecule has 2 fully saturated rings. The Morgan fingerprint density at radius 3 is 2.75 bits per heavy atom. The number of rotatable bonds is 1. The van der Waals surface area contributed by atoms with Crippen LogP contribution < -0.4 is 10.2 Å². The summed E-state index contributed by atoms with van der Waals surface area (Å²) in [6.45, 7) is 7.46. The lowest BCUT2D eigenvalue weighted by atomic mass is 9.83. The third kappa shape index (κ3) is 1.57. The number of aromatic nitrogens is 2. The first-order chi connectivity index (χ1) is 7.74. The highest BCUT2D eigenvalue weighted by molar-refractivity contribution is 5.39. The number of nitrogens with one attached hydrogen (secondary N) is 1. The summed E-state index contributed by atoms with van der Waals surface area (Å²) in [4.78, 5) is 11.4. The second-order valence-corrected chi connectivity index (χ2v) is 4.92. The maximum absolute atomic E-state index is 4.53. The summed E-state index contributed by atoms with van der Waals surface area (Å²) in [5.41, 5.74) is 2.13. The van der Waals surface area contributed by atoms with E-state index in [0.29, 0.717) is 6.04 Å². The van der Waals surface area contributed by atoms with Crippen molar-refractivity contribution in [3.8, 4) is 0 Å². The van der Waals surface area contributed by atoms with Crippen LogP contribution in [0.3, 0.4) is 0 Å². The van der Waals surface area contributed by atoms with Crippen LogP contribution in [-0.4, -0.2) is 35.6 Å². The van der Waals surface area contributed by atoms with Crippen LogP contribution in [0, 0.1) is 19.8 Å². The molecule has 0 radical (unpaired) electrons. The lowest BCUT2D eigenvalue weighted by molar-refractivity contribution is 0.225. The third-order valence-electron chi connectivity index (χ3n) is 3.65. The molecule has 2 saturated heterocycles. The summed E-state index contributed by atoms with van der Waals surface area (Å²) >= 11 is 0. The third-order valence-corrected chi connectivity index (χ3v) is 3.65. The zero-order chi connectivity index (χ0) is 11.1. The number of fused-ring (bicyclic) bond motifs is 1. The SMILES string of the molecule is Cc1cc(C)nc(N2CC3CCNCC32)n1. The summed E-state index contributed by atoms with van der Waals surface area (Å²) in [5, 5.41) is 3.45. The maximum atomic E-state index is 4.53. The van der Waals surface area contributed by atoms with Gasteiger partial charge < -0.3 is 10.2 Å². The molecule has 86 valence electrons. The number of piperidine rings is 1. The van der Waals surface area contributed by atoms with Gasteiger partial charge in [-0.05, 0) is 38.8 Å². The number of nitrogens with zero attached hydrogens (tertiary/aromatic N) is 3. The van der Waals surface area contributed by atoms with Crippen molar-refractivity contribution in [3.63, 3.8) is 0 Å². The van der Waals surface area contributed by atoms with E-state index in [9.17, 15) is 0 Å². The van der Waals surface area contributed by atoms with Crippen LogP contribution in [0.25, 0.3) is 0 Å². The predicted octanol–water partition coefficient (Wildman–Crippen LogP) is 0.892.